The molecule has 0 unspecified atom stereocenters. The molecule has 0 heterocycles. The SMILES string of the molecule is C[C@@]12CC[C@H]3C(=O)CC[C@]31CC(=O)C2. The summed E-state index contributed by atoms with van der Waals surface area (Å²) in [5.41, 5.74) is 0.266. The molecule has 3 rings (SSSR count). The smallest absolute Gasteiger partial charge is 0.136 e. The van der Waals surface area contributed by atoms with E-state index in [0.29, 0.717) is 18.0 Å². The Bertz CT molecular complexity index is 333. The van der Waals surface area contributed by atoms with Crippen molar-refractivity contribution >= 4 is 11.6 Å². The zero-order valence-electron chi connectivity index (χ0n) is 8.64. The number of carbonyl (C=O) groups excluding carboxylic acids is 2. The second-order valence-electron chi connectivity index (χ2n) is 5.67. The molecule has 0 aromatic rings. The van der Waals surface area contributed by atoms with Crippen LogP contribution >= 0.6 is 0 Å². The van der Waals surface area contributed by atoms with Crippen LogP contribution in [0.1, 0.15) is 45.4 Å². The maximum absolute atomic E-state index is 11.7. The van der Waals surface area contributed by atoms with Gasteiger partial charge in [-0.15, -0.1) is 0 Å². The second-order valence-corrected chi connectivity index (χ2v) is 5.67. The summed E-state index contributed by atoms with van der Waals surface area (Å²) in [5, 5.41) is 0. The van der Waals surface area contributed by atoms with Gasteiger partial charge in [0.25, 0.3) is 0 Å². The van der Waals surface area contributed by atoms with Crippen LogP contribution in [0.4, 0.5) is 0 Å². The fourth-order valence-corrected chi connectivity index (χ4v) is 4.41. The standard InChI is InChI=1S/C12H16O2/c1-11-4-2-9-10(14)3-5-12(9,11)7-8(13)6-11/h9H,2-7H2,1H3/t9-,11-,12-/m0/s1. The third kappa shape index (κ3) is 0.745. The summed E-state index contributed by atoms with van der Waals surface area (Å²) in [6.45, 7) is 2.23. The van der Waals surface area contributed by atoms with E-state index in [2.05, 4.69) is 6.92 Å². The van der Waals surface area contributed by atoms with E-state index in [-0.39, 0.29) is 16.7 Å². The fourth-order valence-electron chi connectivity index (χ4n) is 4.41. The van der Waals surface area contributed by atoms with Crippen LogP contribution in [-0.4, -0.2) is 11.6 Å². The molecule has 0 aromatic heterocycles. The molecule has 0 radical (unpaired) electrons. The quantitative estimate of drug-likeness (QED) is 0.589. The molecule has 76 valence electrons. The molecule has 2 nitrogen and oxygen atoms in total. The van der Waals surface area contributed by atoms with Gasteiger partial charge in [0.15, 0.2) is 0 Å². The summed E-state index contributed by atoms with van der Waals surface area (Å²) in [6, 6.07) is 0. The zero-order valence-corrected chi connectivity index (χ0v) is 8.64. The first-order valence-electron chi connectivity index (χ1n) is 5.62. The lowest BCUT2D eigenvalue weighted by Gasteiger charge is -2.36. The lowest BCUT2D eigenvalue weighted by atomic mass is 9.66. The van der Waals surface area contributed by atoms with Gasteiger partial charge >= 0.3 is 0 Å². The van der Waals surface area contributed by atoms with Gasteiger partial charge in [0.1, 0.15) is 11.6 Å². The molecular weight excluding hydrogens is 176 g/mol. The lowest BCUT2D eigenvalue weighted by Crippen LogP contribution is -2.32. The van der Waals surface area contributed by atoms with Crippen LogP contribution in [0.15, 0.2) is 0 Å². The highest BCUT2D eigenvalue weighted by Crippen LogP contribution is 2.69. The molecule has 0 N–H and O–H groups in total. The maximum Gasteiger partial charge on any atom is 0.136 e. The third-order valence-electron chi connectivity index (χ3n) is 5.16. The van der Waals surface area contributed by atoms with Crippen molar-refractivity contribution < 1.29 is 9.59 Å². The maximum atomic E-state index is 11.7. The summed E-state index contributed by atoms with van der Waals surface area (Å²) in [5.74, 6) is 1.06. The summed E-state index contributed by atoms with van der Waals surface area (Å²) in [4.78, 5) is 23.3. The number of hydrogen-bond acceptors (Lipinski definition) is 2. The Morgan fingerprint density at radius 1 is 1.21 bits per heavy atom. The Hall–Kier alpha value is -0.660. The zero-order chi connectivity index (χ0) is 9.97. The van der Waals surface area contributed by atoms with Crippen molar-refractivity contribution in [2.24, 2.45) is 16.7 Å². The van der Waals surface area contributed by atoms with Gasteiger partial charge in [0, 0.05) is 25.2 Å². The predicted octanol–water partition coefficient (Wildman–Crippen LogP) is 2.11. The van der Waals surface area contributed by atoms with Gasteiger partial charge in [0.2, 0.25) is 0 Å². The van der Waals surface area contributed by atoms with Crippen molar-refractivity contribution in [3.8, 4) is 0 Å². The minimum absolute atomic E-state index is 0.0984. The Morgan fingerprint density at radius 2 is 2.00 bits per heavy atom. The largest absolute Gasteiger partial charge is 0.300 e. The molecule has 3 saturated carbocycles. The summed E-state index contributed by atoms with van der Waals surface area (Å²) in [6.07, 6.45) is 5.28. The van der Waals surface area contributed by atoms with Gasteiger partial charge in [-0.3, -0.25) is 9.59 Å². The summed E-state index contributed by atoms with van der Waals surface area (Å²) >= 11 is 0. The Balaban J connectivity index is 2.10. The Morgan fingerprint density at radius 3 is 2.79 bits per heavy atom. The molecule has 0 aromatic carbocycles. The van der Waals surface area contributed by atoms with Crippen molar-refractivity contribution in [3.63, 3.8) is 0 Å². The molecule has 3 atom stereocenters. The van der Waals surface area contributed by atoms with E-state index in [1.165, 1.54) is 0 Å². The monoisotopic (exact) mass is 192 g/mol. The van der Waals surface area contributed by atoms with E-state index >= 15 is 0 Å². The van der Waals surface area contributed by atoms with Gasteiger partial charge in [-0.2, -0.15) is 0 Å². The van der Waals surface area contributed by atoms with E-state index in [4.69, 9.17) is 0 Å². The van der Waals surface area contributed by atoms with E-state index in [9.17, 15) is 9.59 Å². The van der Waals surface area contributed by atoms with E-state index in [0.717, 1.165) is 32.1 Å². The first kappa shape index (κ1) is 8.63. The van der Waals surface area contributed by atoms with Gasteiger partial charge in [-0.1, -0.05) is 6.92 Å². The molecular formula is C12H16O2. The third-order valence-corrected chi connectivity index (χ3v) is 5.16. The van der Waals surface area contributed by atoms with Crippen molar-refractivity contribution in [2.45, 2.75) is 45.4 Å². The average Bonchev–Trinajstić information content (AvgIpc) is 2.60. The van der Waals surface area contributed by atoms with Gasteiger partial charge in [-0.25, -0.2) is 0 Å². The van der Waals surface area contributed by atoms with E-state index in [1.54, 1.807) is 0 Å². The number of rotatable bonds is 0. The highest BCUT2D eigenvalue weighted by atomic mass is 16.1. The predicted molar refractivity (Wildman–Crippen MR) is 51.7 cm³/mol. The molecule has 0 bridgehead atoms. The molecule has 3 aliphatic rings. The first-order valence-corrected chi connectivity index (χ1v) is 5.62. The summed E-state index contributed by atoms with van der Waals surface area (Å²) in [7, 11) is 0. The van der Waals surface area contributed by atoms with Crippen LogP contribution in [0.3, 0.4) is 0 Å². The van der Waals surface area contributed by atoms with Crippen molar-refractivity contribution in [1.82, 2.24) is 0 Å². The van der Waals surface area contributed by atoms with Crippen molar-refractivity contribution in [3.05, 3.63) is 0 Å². The molecule has 2 heteroatoms. The van der Waals surface area contributed by atoms with Crippen molar-refractivity contribution in [1.29, 1.82) is 0 Å². The molecule has 1 spiro atoms. The summed E-state index contributed by atoms with van der Waals surface area (Å²) < 4.78 is 0. The number of Topliss-reactive ketones (excluding diaryl/α,β-unsaturated/α-hetero) is 2. The highest BCUT2D eigenvalue weighted by Gasteiger charge is 2.66. The van der Waals surface area contributed by atoms with Gasteiger partial charge in [0.05, 0.1) is 0 Å². The van der Waals surface area contributed by atoms with Crippen LogP contribution in [0, 0.1) is 16.7 Å². The van der Waals surface area contributed by atoms with Crippen molar-refractivity contribution in [2.75, 3.05) is 0 Å². The minimum Gasteiger partial charge on any atom is -0.300 e. The van der Waals surface area contributed by atoms with Crippen LogP contribution in [-0.2, 0) is 9.59 Å². The van der Waals surface area contributed by atoms with Gasteiger partial charge in [-0.05, 0) is 30.1 Å². The normalized spacial score (nSPS) is 51.1. The van der Waals surface area contributed by atoms with Gasteiger partial charge < -0.3 is 0 Å². The molecule has 14 heavy (non-hydrogen) atoms. The second kappa shape index (κ2) is 2.29. The molecule has 0 aliphatic heterocycles. The number of ketones is 2. The number of hydrogen-bond donors (Lipinski definition) is 0. The van der Waals surface area contributed by atoms with Crippen LogP contribution in [0.5, 0.6) is 0 Å². The molecule has 0 saturated heterocycles. The topological polar surface area (TPSA) is 34.1 Å². The first-order chi connectivity index (χ1) is 6.57. The molecule has 0 amide bonds. The minimum atomic E-state index is 0.0984. The molecule has 3 fully saturated rings. The number of carbonyl (C=O) groups is 2. The van der Waals surface area contributed by atoms with Crippen LogP contribution in [0.25, 0.3) is 0 Å². The Labute approximate surface area is 84.1 Å². The highest BCUT2D eigenvalue weighted by molar-refractivity contribution is 5.90. The van der Waals surface area contributed by atoms with Crippen LogP contribution in [0.2, 0.25) is 0 Å². The lowest BCUT2D eigenvalue weighted by molar-refractivity contribution is -0.122. The Kier molecular flexibility index (Phi) is 1.41. The van der Waals surface area contributed by atoms with Crippen LogP contribution < -0.4 is 0 Å². The fraction of sp³-hybridized carbons (Fsp3) is 0.833. The molecule has 3 aliphatic carbocycles. The average molecular weight is 192 g/mol. The van der Waals surface area contributed by atoms with E-state index in [1.807, 2.05) is 0 Å². The van der Waals surface area contributed by atoms with E-state index < -0.39 is 0 Å².